The van der Waals surface area contributed by atoms with Gasteiger partial charge < -0.3 is 10.6 Å². The first kappa shape index (κ1) is 10.0. The monoisotopic (exact) mass is 170 g/mol. The van der Waals surface area contributed by atoms with E-state index in [4.69, 9.17) is 5.73 Å². The van der Waals surface area contributed by atoms with Crippen molar-refractivity contribution in [3.63, 3.8) is 0 Å². The summed E-state index contributed by atoms with van der Waals surface area (Å²) in [6.07, 6.45) is 2.65. The van der Waals surface area contributed by atoms with Crippen molar-refractivity contribution in [3.8, 4) is 0 Å². The summed E-state index contributed by atoms with van der Waals surface area (Å²) in [5.41, 5.74) is 6.27. The third-order valence-corrected chi connectivity index (χ3v) is 3.11. The maximum atomic E-state index is 5.82. The van der Waals surface area contributed by atoms with Crippen LogP contribution in [-0.4, -0.2) is 31.6 Å². The molecule has 72 valence electrons. The maximum Gasteiger partial charge on any atom is 0.0181 e. The Kier molecular flexibility index (Phi) is 2.79. The van der Waals surface area contributed by atoms with Crippen LogP contribution in [0.15, 0.2) is 0 Å². The van der Waals surface area contributed by atoms with E-state index in [0.29, 0.717) is 17.4 Å². The van der Waals surface area contributed by atoms with Crippen LogP contribution in [0.1, 0.15) is 26.7 Å². The molecule has 0 heterocycles. The SMILES string of the molecule is CC(C)C(N(C)C)C1(CN)CC1. The predicted octanol–water partition coefficient (Wildman–Crippen LogP) is 1.31. The number of rotatable bonds is 4. The molecule has 0 bridgehead atoms. The number of hydrogen-bond acceptors (Lipinski definition) is 2. The highest BCUT2D eigenvalue weighted by Gasteiger charge is 2.49. The van der Waals surface area contributed by atoms with Gasteiger partial charge in [0.25, 0.3) is 0 Å². The molecule has 2 N–H and O–H groups in total. The van der Waals surface area contributed by atoms with Crippen LogP contribution in [-0.2, 0) is 0 Å². The largest absolute Gasteiger partial charge is 0.330 e. The lowest BCUT2D eigenvalue weighted by atomic mass is 9.87. The van der Waals surface area contributed by atoms with E-state index in [1.807, 2.05) is 0 Å². The molecule has 12 heavy (non-hydrogen) atoms. The van der Waals surface area contributed by atoms with Crippen LogP contribution in [0.5, 0.6) is 0 Å². The summed E-state index contributed by atoms with van der Waals surface area (Å²) in [7, 11) is 4.33. The van der Waals surface area contributed by atoms with Gasteiger partial charge in [0, 0.05) is 6.04 Å². The number of nitrogens with two attached hydrogens (primary N) is 1. The summed E-state index contributed by atoms with van der Waals surface area (Å²) in [4.78, 5) is 2.34. The Morgan fingerprint density at radius 3 is 1.92 bits per heavy atom. The lowest BCUT2D eigenvalue weighted by Crippen LogP contribution is -2.44. The summed E-state index contributed by atoms with van der Waals surface area (Å²) in [6.45, 7) is 5.44. The van der Waals surface area contributed by atoms with Crippen LogP contribution in [0.3, 0.4) is 0 Å². The third kappa shape index (κ3) is 1.64. The molecule has 0 aromatic rings. The van der Waals surface area contributed by atoms with Gasteiger partial charge in [-0.3, -0.25) is 0 Å². The normalized spacial score (nSPS) is 23.2. The van der Waals surface area contributed by atoms with Gasteiger partial charge in [0.2, 0.25) is 0 Å². The first-order valence-corrected chi connectivity index (χ1v) is 4.90. The van der Waals surface area contributed by atoms with Gasteiger partial charge in [-0.2, -0.15) is 0 Å². The Hall–Kier alpha value is -0.0800. The standard InChI is InChI=1S/C10H22N2/c1-8(2)9(12(3)4)10(7-11)5-6-10/h8-9H,5-7,11H2,1-4H3. The van der Waals surface area contributed by atoms with E-state index in [2.05, 4.69) is 32.8 Å². The van der Waals surface area contributed by atoms with Gasteiger partial charge in [0.15, 0.2) is 0 Å². The molecule has 2 nitrogen and oxygen atoms in total. The van der Waals surface area contributed by atoms with Crippen molar-refractivity contribution in [1.29, 1.82) is 0 Å². The Morgan fingerprint density at radius 2 is 1.83 bits per heavy atom. The van der Waals surface area contributed by atoms with Gasteiger partial charge >= 0.3 is 0 Å². The van der Waals surface area contributed by atoms with Crippen molar-refractivity contribution in [2.45, 2.75) is 32.7 Å². The lowest BCUT2D eigenvalue weighted by Gasteiger charge is -2.35. The predicted molar refractivity (Wildman–Crippen MR) is 53.0 cm³/mol. The van der Waals surface area contributed by atoms with Crippen molar-refractivity contribution in [1.82, 2.24) is 4.90 Å². The molecule has 0 spiro atoms. The van der Waals surface area contributed by atoms with E-state index >= 15 is 0 Å². The van der Waals surface area contributed by atoms with Crippen molar-refractivity contribution in [2.75, 3.05) is 20.6 Å². The molecule has 1 rings (SSSR count). The minimum absolute atomic E-state index is 0.456. The first-order chi connectivity index (χ1) is 5.53. The molecule has 0 aliphatic heterocycles. The van der Waals surface area contributed by atoms with Crippen molar-refractivity contribution in [3.05, 3.63) is 0 Å². The van der Waals surface area contributed by atoms with E-state index in [0.717, 1.165) is 6.54 Å². The van der Waals surface area contributed by atoms with Gasteiger partial charge in [-0.15, -0.1) is 0 Å². The van der Waals surface area contributed by atoms with Gasteiger partial charge in [0.1, 0.15) is 0 Å². The molecule has 2 heteroatoms. The van der Waals surface area contributed by atoms with Gasteiger partial charge in [-0.05, 0) is 44.8 Å². The second kappa shape index (κ2) is 3.35. The topological polar surface area (TPSA) is 29.3 Å². The van der Waals surface area contributed by atoms with Gasteiger partial charge in [-0.1, -0.05) is 13.8 Å². The summed E-state index contributed by atoms with van der Waals surface area (Å²) in [6, 6.07) is 0.669. The summed E-state index contributed by atoms with van der Waals surface area (Å²) >= 11 is 0. The molecule has 1 aliphatic rings. The minimum Gasteiger partial charge on any atom is -0.330 e. The first-order valence-electron chi connectivity index (χ1n) is 4.90. The average molecular weight is 170 g/mol. The molecule has 0 radical (unpaired) electrons. The highest BCUT2D eigenvalue weighted by atomic mass is 15.1. The number of hydrogen-bond donors (Lipinski definition) is 1. The van der Waals surface area contributed by atoms with Crippen molar-refractivity contribution in [2.24, 2.45) is 17.1 Å². The molecule has 0 aromatic carbocycles. The molecule has 0 saturated heterocycles. The molecule has 1 unspecified atom stereocenters. The Morgan fingerprint density at radius 1 is 1.33 bits per heavy atom. The van der Waals surface area contributed by atoms with Crippen LogP contribution in [0, 0.1) is 11.3 Å². The van der Waals surface area contributed by atoms with E-state index in [-0.39, 0.29) is 0 Å². The van der Waals surface area contributed by atoms with E-state index in [1.54, 1.807) is 0 Å². The van der Waals surface area contributed by atoms with Crippen LogP contribution in [0.2, 0.25) is 0 Å². The average Bonchev–Trinajstić information content (AvgIpc) is 2.68. The fourth-order valence-electron chi connectivity index (χ4n) is 2.63. The molecule has 1 fully saturated rings. The fourth-order valence-corrected chi connectivity index (χ4v) is 2.63. The highest BCUT2D eigenvalue weighted by molar-refractivity contribution is 5.03. The van der Waals surface area contributed by atoms with E-state index < -0.39 is 0 Å². The van der Waals surface area contributed by atoms with Crippen LogP contribution >= 0.6 is 0 Å². The molecule has 1 atom stereocenters. The molecular formula is C10H22N2. The quantitative estimate of drug-likeness (QED) is 0.689. The lowest BCUT2D eigenvalue weighted by molar-refractivity contribution is 0.145. The second-order valence-electron chi connectivity index (χ2n) is 4.72. The smallest absolute Gasteiger partial charge is 0.0181 e. The van der Waals surface area contributed by atoms with Gasteiger partial charge in [0.05, 0.1) is 0 Å². The Bertz CT molecular complexity index is 140. The zero-order chi connectivity index (χ0) is 9.35. The molecule has 0 amide bonds. The van der Waals surface area contributed by atoms with Crippen LogP contribution < -0.4 is 5.73 Å². The maximum absolute atomic E-state index is 5.82. The zero-order valence-corrected chi connectivity index (χ0v) is 8.80. The Balaban J connectivity index is 2.66. The van der Waals surface area contributed by atoms with E-state index in [9.17, 15) is 0 Å². The molecule has 1 aliphatic carbocycles. The molecular weight excluding hydrogens is 148 g/mol. The van der Waals surface area contributed by atoms with Gasteiger partial charge in [-0.25, -0.2) is 0 Å². The molecule has 0 aromatic heterocycles. The Labute approximate surface area is 76.1 Å². The van der Waals surface area contributed by atoms with Crippen molar-refractivity contribution < 1.29 is 0 Å². The van der Waals surface area contributed by atoms with Crippen molar-refractivity contribution >= 4 is 0 Å². The zero-order valence-electron chi connectivity index (χ0n) is 8.80. The minimum atomic E-state index is 0.456. The second-order valence-corrected chi connectivity index (χ2v) is 4.72. The van der Waals surface area contributed by atoms with Crippen LogP contribution in [0.25, 0.3) is 0 Å². The van der Waals surface area contributed by atoms with E-state index in [1.165, 1.54) is 12.8 Å². The molecule has 1 saturated carbocycles. The summed E-state index contributed by atoms with van der Waals surface area (Å²) < 4.78 is 0. The summed E-state index contributed by atoms with van der Waals surface area (Å²) in [5, 5.41) is 0. The summed E-state index contributed by atoms with van der Waals surface area (Å²) in [5.74, 6) is 0.714. The number of nitrogens with zero attached hydrogens (tertiary/aromatic N) is 1. The fraction of sp³-hybridized carbons (Fsp3) is 1.00. The highest BCUT2D eigenvalue weighted by Crippen LogP contribution is 2.51. The van der Waals surface area contributed by atoms with Crippen LogP contribution in [0.4, 0.5) is 0 Å². The third-order valence-electron chi connectivity index (χ3n) is 3.11.